The van der Waals surface area contributed by atoms with Crippen molar-refractivity contribution in [1.29, 1.82) is 0 Å². The number of ether oxygens (including phenoxy) is 1. The van der Waals surface area contributed by atoms with Gasteiger partial charge in [-0.1, -0.05) is 0 Å². The fourth-order valence-electron chi connectivity index (χ4n) is 2.88. The molecule has 1 aliphatic carbocycles. The highest BCUT2D eigenvalue weighted by atomic mass is 16.5. The molecular formula is C13H19N3O2. The number of carbonyl (C=O) groups excluding carboxylic acids is 1. The number of nitrogens with zero attached hydrogens (tertiary/aromatic N) is 2. The molecule has 3 atom stereocenters. The summed E-state index contributed by atoms with van der Waals surface area (Å²) in [6.07, 6.45) is 7.61. The van der Waals surface area contributed by atoms with Gasteiger partial charge in [0, 0.05) is 43.9 Å². The molecule has 1 amide bonds. The Kier molecular flexibility index (Phi) is 3.32. The average molecular weight is 249 g/mol. The van der Waals surface area contributed by atoms with Gasteiger partial charge in [-0.25, -0.2) is 0 Å². The minimum atomic E-state index is 0.164. The summed E-state index contributed by atoms with van der Waals surface area (Å²) >= 11 is 0. The van der Waals surface area contributed by atoms with Crippen LogP contribution in [0.2, 0.25) is 0 Å². The van der Waals surface area contributed by atoms with Gasteiger partial charge in [0.05, 0.1) is 6.10 Å². The Bertz CT molecular complexity index is 404. The molecule has 1 saturated carbocycles. The lowest BCUT2D eigenvalue weighted by Gasteiger charge is -2.39. The van der Waals surface area contributed by atoms with Crippen molar-refractivity contribution in [1.82, 2.24) is 15.1 Å². The van der Waals surface area contributed by atoms with Gasteiger partial charge in [0.15, 0.2) is 0 Å². The number of amides is 1. The first-order chi connectivity index (χ1) is 8.83. The van der Waals surface area contributed by atoms with E-state index in [2.05, 4.69) is 10.4 Å². The number of hydrogen-bond acceptors (Lipinski definition) is 3. The lowest BCUT2D eigenvalue weighted by molar-refractivity contribution is -0.124. The van der Waals surface area contributed by atoms with Gasteiger partial charge in [-0.3, -0.25) is 9.48 Å². The Hall–Kier alpha value is -1.36. The predicted molar refractivity (Wildman–Crippen MR) is 65.9 cm³/mol. The summed E-state index contributed by atoms with van der Waals surface area (Å²) in [5.41, 5.74) is 0. The van der Waals surface area contributed by atoms with Gasteiger partial charge in [-0.2, -0.15) is 5.10 Å². The summed E-state index contributed by atoms with van der Waals surface area (Å²) in [4.78, 5) is 11.8. The van der Waals surface area contributed by atoms with Gasteiger partial charge in [0.2, 0.25) is 5.91 Å². The Morgan fingerprint density at radius 2 is 2.50 bits per heavy atom. The first-order valence-electron chi connectivity index (χ1n) is 6.71. The van der Waals surface area contributed by atoms with Gasteiger partial charge < -0.3 is 10.1 Å². The minimum absolute atomic E-state index is 0.164. The molecule has 0 aromatic carbocycles. The van der Waals surface area contributed by atoms with E-state index in [9.17, 15) is 4.79 Å². The first kappa shape index (κ1) is 11.7. The van der Waals surface area contributed by atoms with E-state index < -0.39 is 0 Å². The molecule has 18 heavy (non-hydrogen) atoms. The van der Waals surface area contributed by atoms with Crippen LogP contribution in [0.3, 0.4) is 0 Å². The van der Waals surface area contributed by atoms with Crippen LogP contribution in [-0.2, 0) is 16.1 Å². The van der Waals surface area contributed by atoms with E-state index in [0.717, 1.165) is 32.4 Å². The number of hydrogen-bond donors (Lipinski definition) is 1. The van der Waals surface area contributed by atoms with Crippen molar-refractivity contribution >= 4 is 5.91 Å². The van der Waals surface area contributed by atoms with Crippen LogP contribution < -0.4 is 5.32 Å². The zero-order valence-corrected chi connectivity index (χ0v) is 10.4. The highest BCUT2D eigenvalue weighted by Crippen LogP contribution is 2.38. The van der Waals surface area contributed by atoms with Crippen molar-refractivity contribution < 1.29 is 9.53 Å². The smallest absolute Gasteiger partial charge is 0.220 e. The van der Waals surface area contributed by atoms with Crippen molar-refractivity contribution in [2.75, 3.05) is 6.61 Å². The highest BCUT2D eigenvalue weighted by molar-refractivity contribution is 5.76. The maximum atomic E-state index is 11.8. The van der Waals surface area contributed by atoms with E-state index in [1.54, 1.807) is 6.20 Å². The molecule has 0 radical (unpaired) electrons. The first-order valence-corrected chi connectivity index (χ1v) is 6.71. The summed E-state index contributed by atoms with van der Waals surface area (Å²) in [6.45, 7) is 1.67. The van der Waals surface area contributed by atoms with E-state index in [1.165, 1.54) is 0 Å². The van der Waals surface area contributed by atoms with Crippen molar-refractivity contribution in [2.45, 2.75) is 44.4 Å². The van der Waals surface area contributed by atoms with Gasteiger partial charge in [-0.15, -0.1) is 0 Å². The molecule has 1 aromatic heterocycles. The molecule has 1 aromatic rings. The molecule has 1 aliphatic heterocycles. The number of aryl methyl sites for hydroxylation is 1. The topological polar surface area (TPSA) is 56.2 Å². The molecule has 2 aliphatic rings. The third kappa shape index (κ3) is 2.41. The second-order valence-corrected chi connectivity index (χ2v) is 5.14. The number of fused-ring (bicyclic) bond motifs is 1. The summed E-state index contributed by atoms with van der Waals surface area (Å²) in [7, 11) is 0. The van der Waals surface area contributed by atoms with Crippen LogP contribution >= 0.6 is 0 Å². The van der Waals surface area contributed by atoms with Crippen molar-refractivity contribution in [3.8, 4) is 0 Å². The number of nitrogens with one attached hydrogen (secondary N) is 1. The molecular weight excluding hydrogens is 230 g/mol. The quantitative estimate of drug-likeness (QED) is 0.845. The Morgan fingerprint density at radius 1 is 1.56 bits per heavy atom. The third-order valence-corrected chi connectivity index (χ3v) is 3.96. The molecule has 0 spiro atoms. The Morgan fingerprint density at radius 3 is 3.28 bits per heavy atom. The molecule has 98 valence electrons. The second-order valence-electron chi connectivity index (χ2n) is 5.14. The van der Waals surface area contributed by atoms with Crippen molar-refractivity contribution in [2.24, 2.45) is 5.92 Å². The molecule has 0 bridgehead atoms. The Labute approximate surface area is 107 Å². The van der Waals surface area contributed by atoms with Crippen LogP contribution in [0, 0.1) is 5.92 Å². The van der Waals surface area contributed by atoms with Gasteiger partial charge in [-0.05, 0) is 25.3 Å². The standard InChI is InChI=1S/C13H19N3O2/c17-13(3-1-6-16-7-2-5-14-16)15-11-9-12-10(11)4-8-18-12/h2,5,7,10-12H,1,3-4,6,8-9H2,(H,15,17)/t10-,11+,12+/m0/s1. The van der Waals surface area contributed by atoms with Crippen LogP contribution in [0.25, 0.3) is 0 Å². The number of aromatic nitrogens is 2. The largest absolute Gasteiger partial charge is 0.378 e. The van der Waals surface area contributed by atoms with E-state index in [4.69, 9.17) is 4.74 Å². The molecule has 5 nitrogen and oxygen atoms in total. The molecule has 2 fully saturated rings. The van der Waals surface area contributed by atoms with Crippen LogP contribution in [0.4, 0.5) is 0 Å². The van der Waals surface area contributed by atoms with Gasteiger partial charge in [0.25, 0.3) is 0 Å². The molecule has 5 heteroatoms. The van der Waals surface area contributed by atoms with Crippen LogP contribution in [0.15, 0.2) is 18.5 Å². The minimum Gasteiger partial charge on any atom is -0.378 e. The van der Waals surface area contributed by atoms with Gasteiger partial charge >= 0.3 is 0 Å². The highest BCUT2D eigenvalue weighted by Gasteiger charge is 2.45. The predicted octanol–water partition coefficient (Wildman–Crippen LogP) is 0.957. The molecule has 1 N–H and O–H groups in total. The summed E-state index contributed by atoms with van der Waals surface area (Å²) in [5, 5.41) is 7.23. The summed E-state index contributed by atoms with van der Waals surface area (Å²) in [5.74, 6) is 0.734. The molecule has 0 unspecified atom stereocenters. The number of carbonyl (C=O) groups is 1. The van der Waals surface area contributed by atoms with Crippen molar-refractivity contribution in [3.05, 3.63) is 18.5 Å². The monoisotopic (exact) mass is 249 g/mol. The Balaban J connectivity index is 1.35. The maximum absolute atomic E-state index is 11.8. The van der Waals surface area contributed by atoms with Crippen LogP contribution in [0.1, 0.15) is 25.7 Å². The van der Waals surface area contributed by atoms with Crippen molar-refractivity contribution in [3.63, 3.8) is 0 Å². The van der Waals surface area contributed by atoms with Crippen LogP contribution in [0.5, 0.6) is 0 Å². The SMILES string of the molecule is O=C(CCCn1cccn1)N[C@@H]1C[C@H]2OCC[C@@H]12. The summed E-state index contributed by atoms with van der Waals surface area (Å²) < 4.78 is 7.39. The average Bonchev–Trinajstić information content (AvgIpc) is 2.95. The van der Waals surface area contributed by atoms with E-state index >= 15 is 0 Å². The number of rotatable bonds is 5. The van der Waals surface area contributed by atoms with Gasteiger partial charge in [0.1, 0.15) is 0 Å². The molecule has 3 rings (SSSR count). The van der Waals surface area contributed by atoms with E-state index in [-0.39, 0.29) is 5.91 Å². The summed E-state index contributed by atoms with van der Waals surface area (Å²) in [6, 6.07) is 2.25. The normalized spacial score (nSPS) is 29.7. The fraction of sp³-hybridized carbons (Fsp3) is 0.692. The lowest BCUT2D eigenvalue weighted by Crippen LogP contribution is -2.53. The maximum Gasteiger partial charge on any atom is 0.220 e. The fourth-order valence-corrected chi connectivity index (χ4v) is 2.88. The van der Waals surface area contributed by atoms with Crippen LogP contribution in [-0.4, -0.2) is 34.4 Å². The van der Waals surface area contributed by atoms with E-state index in [1.807, 2.05) is 16.9 Å². The second kappa shape index (κ2) is 5.10. The molecule has 1 saturated heterocycles. The third-order valence-electron chi connectivity index (χ3n) is 3.96. The zero-order valence-electron chi connectivity index (χ0n) is 10.4. The zero-order chi connectivity index (χ0) is 12.4. The molecule has 2 heterocycles. The lowest BCUT2D eigenvalue weighted by atomic mass is 9.76. The van der Waals surface area contributed by atoms with E-state index in [0.29, 0.717) is 24.5 Å².